The zero-order valence-corrected chi connectivity index (χ0v) is 6.67. The molecule has 0 fully saturated rings. The van der Waals surface area contributed by atoms with E-state index in [2.05, 4.69) is 11.9 Å². The average molecular weight is 151 g/mol. The third-order valence-electron chi connectivity index (χ3n) is 1.69. The Morgan fingerprint density at radius 1 is 1.55 bits per heavy atom. The Balaban J connectivity index is 3.02. The molecular formula is C8H13N3. The highest BCUT2D eigenvalue weighted by Crippen LogP contribution is 2.09. The summed E-state index contributed by atoms with van der Waals surface area (Å²) in [6.45, 7) is 2.54. The smallest absolute Gasteiger partial charge is 0.127 e. The molecule has 0 saturated heterocycles. The first kappa shape index (κ1) is 8.01. The molecule has 0 saturated carbocycles. The van der Waals surface area contributed by atoms with Crippen molar-refractivity contribution in [2.24, 2.45) is 5.73 Å². The summed E-state index contributed by atoms with van der Waals surface area (Å²) >= 11 is 0. The Bertz CT molecular complexity index is 245. The Kier molecular flexibility index (Phi) is 2.44. The molecule has 0 unspecified atom stereocenters. The van der Waals surface area contributed by atoms with Gasteiger partial charge in [-0.25, -0.2) is 4.98 Å². The van der Waals surface area contributed by atoms with Gasteiger partial charge in [-0.3, -0.25) is 0 Å². The lowest BCUT2D eigenvalue weighted by Crippen LogP contribution is -2.04. The highest BCUT2D eigenvalue weighted by molar-refractivity contribution is 5.40. The lowest BCUT2D eigenvalue weighted by atomic mass is 10.1. The maximum absolute atomic E-state index is 5.56. The monoisotopic (exact) mass is 151 g/mol. The van der Waals surface area contributed by atoms with Crippen LogP contribution in [0.4, 0.5) is 5.82 Å². The number of hydrogen-bond acceptors (Lipinski definition) is 3. The summed E-state index contributed by atoms with van der Waals surface area (Å²) < 4.78 is 0. The van der Waals surface area contributed by atoms with E-state index in [9.17, 15) is 0 Å². The highest BCUT2D eigenvalue weighted by Gasteiger charge is 1.98. The Hall–Kier alpha value is -1.09. The average Bonchev–Trinajstić information content (AvgIpc) is 2.05. The molecule has 0 bridgehead atoms. The molecule has 0 aromatic carbocycles. The normalized spacial score (nSPS) is 10.0. The summed E-state index contributed by atoms with van der Waals surface area (Å²) in [6.07, 6.45) is 2.76. The zero-order chi connectivity index (χ0) is 8.27. The van der Waals surface area contributed by atoms with E-state index in [1.54, 1.807) is 6.20 Å². The molecule has 0 spiro atoms. The van der Waals surface area contributed by atoms with Gasteiger partial charge in [-0.2, -0.15) is 0 Å². The third-order valence-corrected chi connectivity index (χ3v) is 1.69. The minimum Gasteiger partial charge on any atom is -0.383 e. The number of nitrogens with two attached hydrogens (primary N) is 2. The van der Waals surface area contributed by atoms with Crippen LogP contribution in [-0.4, -0.2) is 4.98 Å². The summed E-state index contributed by atoms with van der Waals surface area (Å²) in [5.41, 5.74) is 13.1. The lowest BCUT2D eigenvalue weighted by molar-refractivity contribution is 1.02. The molecule has 11 heavy (non-hydrogen) atoms. The number of nitrogen functional groups attached to an aromatic ring is 1. The van der Waals surface area contributed by atoms with Crippen molar-refractivity contribution < 1.29 is 0 Å². The molecule has 0 radical (unpaired) electrons. The number of nitrogens with zero attached hydrogens (tertiary/aromatic N) is 1. The Labute approximate surface area is 66.4 Å². The van der Waals surface area contributed by atoms with Crippen molar-refractivity contribution in [1.82, 2.24) is 4.98 Å². The first-order valence-electron chi connectivity index (χ1n) is 3.71. The van der Waals surface area contributed by atoms with Gasteiger partial charge in [0.15, 0.2) is 0 Å². The predicted molar refractivity (Wildman–Crippen MR) is 45.9 cm³/mol. The van der Waals surface area contributed by atoms with Gasteiger partial charge in [0.05, 0.1) is 0 Å². The first-order chi connectivity index (χ1) is 5.27. The minimum absolute atomic E-state index is 0.465. The molecule has 0 aliphatic carbocycles. The number of hydrogen-bond donors (Lipinski definition) is 2. The number of aromatic nitrogens is 1. The SMILES string of the molecule is CCc1cnc(N)c(CN)c1. The van der Waals surface area contributed by atoms with Crippen LogP contribution >= 0.6 is 0 Å². The van der Waals surface area contributed by atoms with Crippen molar-refractivity contribution in [3.8, 4) is 0 Å². The summed E-state index contributed by atoms with van der Waals surface area (Å²) in [5.74, 6) is 0.546. The van der Waals surface area contributed by atoms with Crippen LogP contribution in [0.25, 0.3) is 0 Å². The van der Waals surface area contributed by atoms with Crippen LogP contribution in [0.15, 0.2) is 12.3 Å². The lowest BCUT2D eigenvalue weighted by Gasteiger charge is -2.02. The van der Waals surface area contributed by atoms with Crippen LogP contribution < -0.4 is 11.5 Å². The fourth-order valence-corrected chi connectivity index (χ4v) is 0.927. The van der Waals surface area contributed by atoms with Gasteiger partial charge in [0, 0.05) is 18.3 Å². The first-order valence-corrected chi connectivity index (χ1v) is 3.71. The maximum Gasteiger partial charge on any atom is 0.127 e. The Morgan fingerprint density at radius 3 is 2.82 bits per heavy atom. The molecule has 1 aromatic rings. The second-order valence-corrected chi connectivity index (χ2v) is 2.45. The fourth-order valence-electron chi connectivity index (χ4n) is 0.927. The molecule has 60 valence electrons. The molecule has 3 heteroatoms. The molecule has 0 atom stereocenters. The molecule has 4 N–H and O–H groups in total. The highest BCUT2D eigenvalue weighted by atomic mass is 14.8. The number of aryl methyl sites for hydroxylation is 1. The van der Waals surface area contributed by atoms with Gasteiger partial charge in [0.2, 0.25) is 0 Å². The number of rotatable bonds is 2. The van der Waals surface area contributed by atoms with Crippen LogP contribution in [0, 0.1) is 0 Å². The largest absolute Gasteiger partial charge is 0.383 e. The molecule has 0 aliphatic rings. The quantitative estimate of drug-likeness (QED) is 0.653. The second-order valence-electron chi connectivity index (χ2n) is 2.45. The van der Waals surface area contributed by atoms with Crippen molar-refractivity contribution in [1.29, 1.82) is 0 Å². The standard InChI is InChI=1S/C8H13N3/c1-2-6-3-7(4-9)8(10)11-5-6/h3,5H,2,4,9H2,1H3,(H2,10,11). The molecule has 1 rings (SSSR count). The summed E-state index contributed by atoms with van der Waals surface area (Å²) in [4.78, 5) is 4.02. The van der Waals surface area contributed by atoms with Gasteiger partial charge in [-0.05, 0) is 18.1 Å². The van der Waals surface area contributed by atoms with E-state index in [1.165, 1.54) is 5.56 Å². The van der Waals surface area contributed by atoms with Crippen LogP contribution in [-0.2, 0) is 13.0 Å². The van der Waals surface area contributed by atoms with Gasteiger partial charge in [0.25, 0.3) is 0 Å². The van der Waals surface area contributed by atoms with Crippen molar-refractivity contribution in [3.05, 3.63) is 23.4 Å². The molecule has 0 aliphatic heterocycles. The van der Waals surface area contributed by atoms with E-state index < -0.39 is 0 Å². The number of anilines is 1. The van der Waals surface area contributed by atoms with Crippen LogP contribution in [0.2, 0.25) is 0 Å². The van der Waals surface area contributed by atoms with Gasteiger partial charge < -0.3 is 11.5 Å². The van der Waals surface area contributed by atoms with Gasteiger partial charge in [-0.1, -0.05) is 6.92 Å². The van der Waals surface area contributed by atoms with Gasteiger partial charge in [0.1, 0.15) is 5.82 Å². The predicted octanol–water partition coefficient (Wildman–Crippen LogP) is 0.685. The third kappa shape index (κ3) is 1.68. The molecule has 1 aromatic heterocycles. The van der Waals surface area contributed by atoms with Crippen LogP contribution in [0.5, 0.6) is 0 Å². The van der Waals surface area contributed by atoms with Crippen molar-refractivity contribution in [3.63, 3.8) is 0 Å². The fraction of sp³-hybridized carbons (Fsp3) is 0.375. The van der Waals surface area contributed by atoms with Crippen LogP contribution in [0.3, 0.4) is 0 Å². The topological polar surface area (TPSA) is 64.9 Å². The number of pyridine rings is 1. The van der Waals surface area contributed by atoms with E-state index >= 15 is 0 Å². The molecule has 1 heterocycles. The van der Waals surface area contributed by atoms with Gasteiger partial charge >= 0.3 is 0 Å². The van der Waals surface area contributed by atoms with Crippen molar-refractivity contribution in [2.75, 3.05) is 5.73 Å². The van der Waals surface area contributed by atoms with E-state index in [-0.39, 0.29) is 0 Å². The van der Waals surface area contributed by atoms with E-state index in [1.807, 2.05) is 6.07 Å². The summed E-state index contributed by atoms with van der Waals surface area (Å²) in [6, 6.07) is 2.00. The molecular weight excluding hydrogens is 138 g/mol. The van der Waals surface area contributed by atoms with Crippen molar-refractivity contribution in [2.45, 2.75) is 19.9 Å². The summed E-state index contributed by atoms with van der Waals surface area (Å²) in [7, 11) is 0. The zero-order valence-electron chi connectivity index (χ0n) is 6.67. The van der Waals surface area contributed by atoms with E-state index in [4.69, 9.17) is 11.5 Å². The molecule has 0 amide bonds. The van der Waals surface area contributed by atoms with Gasteiger partial charge in [-0.15, -0.1) is 0 Å². The van der Waals surface area contributed by atoms with Crippen LogP contribution in [0.1, 0.15) is 18.1 Å². The maximum atomic E-state index is 5.56. The summed E-state index contributed by atoms with van der Waals surface area (Å²) in [5, 5.41) is 0. The Morgan fingerprint density at radius 2 is 2.27 bits per heavy atom. The van der Waals surface area contributed by atoms with Crippen molar-refractivity contribution >= 4 is 5.82 Å². The van der Waals surface area contributed by atoms with E-state index in [0.717, 1.165) is 12.0 Å². The minimum atomic E-state index is 0.465. The van der Waals surface area contributed by atoms with E-state index in [0.29, 0.717) is 12.4 Å². The molecule has 3 nitrogen and oxygen atoms in total. The second kappa shape index (κ2) is 3.34.